The first-order valence-electron chi connectivity index (χ1n) is 8.18. The van der Waals surface area contributed by atoms with Gasteiger partial charge in [-0.2, -0.15) is 0 Å². The molecule has 3 rings (SSSR count). The first-order valence-corrected chi connectivity index (χ1v) is 8.55. The number of amides is 1. The number of aliphatic hydroxyl groups excluding tert-OH is 1. The highest BCUT2D eigenvalue weighted by molar-refractivity contribution is 6.30. The van der Waals surface area contributed by atoms with Gasteiger partial charge in [-0.05, 0) is 38.1 Å². The summed E-state index contributed by atoms with van der Waals surface area (Å²) >= 11 is 5.78. The Kier molecular flexibility index (Phi) is 5.48. The van der Waals surface area contributed by atoms with Crippen LogP contribution in [0.3, 0.4) is 0 Å². The maximum atomic E-state index is 12.1. The number of aromatic nitrogens is 1. The first-order chi connectivity index (χ1) is 11.1. The molecule has 0 aromatic carbocycles. The molecule has 2 N–H and O–H groups in total. The summed E-state index contributed by atoms with van der Waals surface area (Å²) in [6.45, 7) is 3.66. The molecule has 2 aliphatic rings. The van der Waals surface area contributed by atoms with E-state index < -0.39 is 0 Å². The molecule has 0 saturated carbocycles. The van der Waals surface area contributed by atoms with Crippen LogP contribution in [0.2, 0.25) is 5.02 Å². The molecule has 1 aromatic rings. The quantitative estimate of drug-likeness (QED) is 0.863. The van der Waals surface area contributed by atoms with E-state index >= 15 is 0 Å². The zero-order valence-electron chi connectivity index (χ0n) is 13.1. The van der Waals surface area contributed by atoms with Gasteiger partial charge >= 0.3 is 0 Å². The summed E-state index contributed by atoms with van der Waals surface area (Å²) in [4.78, 5) is 20.6. The Morgan fingerprint density at radius 3 is 2.78 bits per heavy atom. The van der Waals surface area contributed by atoms with E-state index in [1.54, 1.807) is 12.1 Å². The molecule has 6 nitrogen and oxygen atoms in total. The topological polar surface area (TPSA) is 68.7 Å². The standard InChI is InChI=1S/C16H23ClN4O2/c17-12-4-5-15(18-8-12)19-16(23)11-20-9-13(14(22)10-20)21-6-2-1-3-7-21/h4-5,8,13-14,22H,1-3,6-7,9-11H2,(H,18,19,23)/t13-,14-/m0/s1. The van der Waals surface area contributed by atoms with Crippen molar-refractivity contribution in [3.63, 3.8) is 0 Å². The Labute approximate surface area is 141 Å². The predicted molar refractivity (Wildman–Crippen MR) is 89.5 cm³/mol. The van der Waals surface area contributed by atoms with Crippen LogP contribution in [0.4, 0.5) is 5.82 Å². The molecule has 0 radical (unpaired) electrons. The van der Waals surface area contributed by atoms with Gasteiger partial charge < -0.3 is 10.4 Å². The second kappa shape index (κ2) is 7.57. The molecule has 0 spiro atoms. The van der Waals surface area contributed by atoms with Crippen molar-refractivity contribution in [2.75, 3.05) is 38.0 Å². The Bertz CT molecular complexity index is 533. The van der Waals surface area contributed by atoms with Gasteiger partial charge in [-0.3, -0.25) is 14.6 Å². The summed E-state index contributed by atoms with van der Waals surface area (Å²) in [5.41, 5.74) is 0. The molecular formula is C16H23ClN4O2. The van der Waals surface area contributed by atoms with Crippen molar-refractivity contribution < 1.29 is 9.90 Å². The predicted octanol–water partition coefficient (Wildman–Crippen LogP) is 1.20. The number of hydrogen-bond donors (Lipinski definition) is 2. The lowest BCUT2D eigenvalue weighted by Crippen LogP contribution is -2.46. The summed E-state index contributed by atoms with van der Waals surface area (Å²) in [5, 5.41) is 13.6. The Morgan fingerprint density at radius 2 is 2.09 bits per heavy atom. The van der Waals surface area contributed by atoms with Crippen molar-refractivity contribution in [1.82, 2.24) is 14.8 Å². The van der Waals surface area contributed by atoms with Crippen molar-refractivity contribution in [3.8, 4) is 0 Å². The van der Waals surface area contributed by atoms with Gasteiger partial charge in [0.1, 0.15) is 5.82 Å². The number of rotatable bonds is 4. The van der Waals surface area contributed by atoms with Crippen LogP contribution in [0.5, 0.6) is 0 Å². The van der Waals surface area contributed by atoms with Crippen LogP contribution in [0.15, 0.2) is 18.3 Å². The Hall–Kier alpha value is -1.21. The highest BCUT2D eigenvalue weighted by Crippen LogP contribution is 2.20. The minimum atomic E-state index is -0.380. The van der Waals surface area contributed by atoms with Gasteiger partial charge in [-0.25, -0.2) is 4.98 Å². The SMILES string of the molecule is O=C(CN1C[C@H](O)[C@@H](N2CCCCC2)C1)Nc1ccc(Cl)cn1. The summed E-state index contributed by atoms with van der Waals surface area (Å²) in [7, 11) is 0. The van der Waals surface area contributed by atoms with E-state index in [0.717, 1.165) is 19.6 Å². The second-order valence-electron chi connectivity index (χ2n) is 6.34. The number of nitrogens with one attached hydrogen (secondary N) is 1. The van der Waals surface area contributed by atoms with Gasteiger partial charge in [0.25, 0.3) is 0 Å². The maximum Gasteiger partial charge on any atom is 0.239 e. The van der Waals surface area contributed by atoms with Crippen LogP contribution < -0.4 is 5.32 Å². The highest BCUT2D eigenvalue weighted by Gasteiger charge is 2.36. The highest BCUT2D eigenvalue weighted by atomic mass is 35.5. The average Bonchev–Trinajstić information content (AvgIpc) is 2.91. The number of aliphatic hydroxyl groups is 1. The number of likely N-dealkylation sites (tertiary alicyclic amines) is 2. The molecule has 23 heavy (non-hydrogen) atoms. The van der Waals surface area contributed by atoms with Crippen molar-refractivity contribution in [2.24, 2.45) is 0 Å². The molecule has 7 heteroatoms. The number of nitrogens with zero attached hydrogens (tertiary/aromatic N) is 3. The van der Waals surface area contributed by atoms with Crippen LogP contribution in [0.25, 0.3) is 0 Å². The number of carbonyl (C=O) groups excluding carboxylic acids is 1. The van der Waals surface area contributed by atoms with E-state index in [4.69, 9.17) is 11.6 Å². The molecule has 0 aliphatic carbocycles. The zero-order chi connectivity index (χ0) is 16.2. The van der Waals surface area contributed by atoms with Crippen molar-refractivity contribution >= 4 is 23.3 Å². The van der Waals surface area contributed by atoms with E-state index in [-0.39, 0.29) is 24.6 Å². The third kappa shape index (κ3) is 4.41. The molecular weight excluding hydrogens is 316 g/mol. The number of halogens is 1. The van der Waals surface area contributed by atoms with E-state index in [1.165, 1.54) is 25.5 Å². The number of carbonyl (C=O) groups is 1. The molecule has 2 saturated heterocycles. The minimum Gasteiger partial charge on any atom is -0.390 e. The molecule has 2 aliphatic heterocycles. The van der Waals surface area contributed by atoms with Crippen molar-refractivity contribution in [1.29, 1.82) is 0 Å². The average molecular weight is 339 g/mol. The van der Waals surface area contributed by atoms with Gasteiger partial charge in [-0.15, -0.1) is 0 Å². The summed E-state index contributed by atoms with van der Waals surface area (Å²) in [6, 6.07) is 3.52. The number of anilines is 1. The van der Waals surface area contributed by atoms with Gasteiger partial charge in [0, 0.05) is 25.3 Å². The lowest BCUT2D eigenvalue weighted by Gasteiger charge is -2.33. The zero-order valence-corrected chi connectivity index (χ0v) is 13.9. The van der Waals surface area contributed by atoms with Gasteiger partial charge in [0.2, 0.25) is 5.91 Å². The molecule has 2 fully saturated rings. The lowest BCUT2D eigenvalue weighted by molar-refractivity contribution is -0.117. The minimum absolute atomic E-state index is 0.119. The monoisotopic (exact) mass is 338 g/mol. The summed E-state index contributed by atoms with van der Waals surface area (Å²) in [5.74, 6) is 0.373. The van der Waals surface area contributed by atoms with Crippen LogP contribution in [0.1, 0.15) is 19.3 Å². The van der Waals surface area contributed by atoms with Crippen LogP contribution >= 0.6 is 11.6 Å². The van der Waals surface area contributed by atoms with E-state index in [2.05, 4.69) is 15.2 Å². The molecule has 1 aromatic heterocycles. The fourth-order valence-electron chi connectivity index (χ4n) is 3.42. The molecule has 126 valence electrons. The van der Waals surface area contributed by atoms with E-state index in [1.807, 2.05) is 4.90 Å². The Morgan fingerprint density at radius 1 is 1.30 bits per heavy atom. The second-order valence-corrected chi connectivity index (χ2v) is 6.77. The lowest BCUT2D eigenvalue weighted by atomic mass is 10.1. The number of hydrogen-bond acceptors (Lipinski definition) is 5. The largest absolute Gasteiger partial charge is 0.390 e. The number of piperidine rings is 1. The number of β-amino-alcohol motifs (C(OH)–C–C–N with tert-alkyl or cyclic N) is 1. The van der Waals surface area contributed by atoms with Gasteiger partial charge in [0.15, 0.2) is 0 Å². The molecule has 1 amide bonds. The van der Waals surface area contributed by atoms with Gasteiger partial charge in [-0.1, -0.05) is 18.0 Å². The number of pyridine rings is 1. The van der Waals surface area contributed by atoms with Crippen LogP contribution in [-0.4, -0.2) is 70.7 Å². The molecule has 0 unspecified atom stereocenters. The summed E-state index contributed by atoms with van der Waals surface area (Å²) in [6.07, 6.45) is 4.80. The molecule has 2 atom stereocenters. The van der Waals surface area contributed by atoms with Gasteiger partial charge in [0.05, 0.1) is 17.7 Å². The van der Waals surface area contributed by atoms with Crippen LogP contribution in [0, 0.1) is 0 Å². The third-order valence-corrected chi connectivity index (χ3v) is 4.78. The normalized spacial score (nSPS) is 26.3. The third-order valence-electron chi connectivity index (χ3n) is 4.56. The van der Waals surface area contributed by atoms with Crippen LogP contribution in [-0.2, 0) is 4.79 Å². The fraction of sp³-hybridized carbons (Fsp3) is 0.625. The molecule has 0 bridgehead atoms. The fourth-order valence-corrected chi connectivity index (χ4v) is 3.53. The smallest absolute Gasteiger partial charge is 0.239 e. The Balaban J connectivity index is 1.50. The maximum absolute atomic E-state index is 12.1. The van der Waals surface area contributed by atoms with E-state index in [9.17, 15) is 9.90 Å². The molecule has 3 heterocycles. The van der Waals surface area contributed by atoms with Crippen molar-refractivity contribution in [2.45, 2.75) is 31.4 Å². The summed E-state index contributed by atoms with van der Waals surface area (Å²) < 4.78 is 0. The van der Waals surface area contributed by atoms with Crippen molar-refractivity contribution in [3.05, 3.63) is 23.4 Å². The first kappa shape index (κ1) is 16.6. The van der Waals surface area contributed by atoms with E-state index in [0.29, 0.717) is 17.4 Å².